The van der Waals surface area contributed by atoms with E-state index in [-0.39, 0.29) is 0 Å². The van der Waals surface area contributed by atoms with Gasteiger partial charge in [0.25, 0.3) is 0 Å². The molecule has 1 aliphatic heterocycles. The van der Waals surface area contributed by atoms with Gasteiger partial charge in [0.15, 0.2) is 0 Å². The largest absolute Gasteiger partial charge is 0.493 e. The molecule has 1 N–H and O–H groups in total. The van der Waals surface area contributed by atoms with Gasteiger partial charge in [-0.15, -0.1) is 0 Å². The molecule has 1 aromatic rings. The Morgan fingerprint density at radius 3 is 2.86 bits per heavy atom. The first-order chi connectivity index (χ1) is 10.3. The van der Waals surface area contributed by atoms with Crippen molar-refractivity contribution in [1.82, 2.24) is 5.32 Å². The van der Waals surface area contributed by atoms with Crippen LogP contribution in [0.25, 0.3) is 0 Å². The molecular weight excluding hydrogens is 262 g/mol. The number of hydrogen-bond donors (Lipinski definition) is 1. The summed E-state index contributed by atoms with van der Waals surface area (Å²) in [6.45, 7) is 7.73. The van der Waals surface area contributed by atoms with Gasteiger partial charge < -0.3 is 14.8 Å². The molecule has 0 spiro atoms. The van der Waals surface area contributed by atoms with E-state index in [0.717, 1.165) is 38.4 Å². The number of aryl methyl sites for hydroxylation is 2. The topological polar surface area (TPSA) is 30.5 Å². The van der Waals surface area contributed by atoms with Gasteiger partial charge in [-0.1, -0.05) is 18.6 Å². The molecule has 0 bridgehead atoms. The summed E-state index contributed by atoms with van der Waals surface area (Å²) < 4.78 is 11.5. The Kier molecular flexibility index (Phi) is 7.04. The van der Waals surface area contributed by atoms with Gasteiger partial charge in [-0.3, -0.25) is 0 Å². The molecule has 1 aromatic carbocycles. The van der Waals surface area contributed by atoms with E-state index in [0.29, 0.717) is 6.04 Å². The Morgan fingerprint density at radius 1 is 1.14 bits per heavy atom. The maximum absolute atomic E-state index is 5.82. The molecule has 1 unspecified atom stereocenters. The van der Waals surface area contributed by atoms with Crippen molar-refractivity contribution in [3.63, 3.8) is 0 Å². The minimum absolute atomic E-state index is 0.671. The van der Waals surface area contributed by atoms with Crippen molar-refractivity contribution in [2.75, 3.05) is 26.4 Å². The van der Waals surface area contributed by atoms with Crippen LogP contribution in [-0.4, -0.2) is 32.4 Å². The van der Waals surface area contributed by atoms with Gasteiger partial charge in [0.1, 0.15) is 5.75 Å². The zero-order chi connectivity index (χ0) is 14.9. The summed E-state index contributed by atoms with van der Waals surface area (Å²) >= 11 is 0. The number of nitrogens with one attached hydrogen (secondary N) is 1. The minimum atomic E-state index is 0.671. The fourth-order valence-corrected chi connectivity index (χ4v) is 2.70. The van der Waals surface area contributed by atoms with Crippen LogP contribution in [0.3, 0.4) is 0 Å². The molecule has 0 saturated carbocycles. The highest BCUT2D eigenvalue weighted by atomic mass is 16.5. The van der Waals surface area contributed by atoms with Crippen LogP contribution >= 0.6 is 0 Å². The Hall–Kier alpha value is -1.06. The summed E-state index contributed by atoms with van der Waals surface area (Å²) in [4.78, 5) is 0. The summed E-state index contributed by atoms with van der Waals surface area (Å²) in [5.41, 5.74) is 2.44. The minimum Gasteiger partial charge on any atom is -0.493 e. The van der Waals surface area contributed by atoms with Gasteiger partial charge in [-0.05, 0) is 56.8 Å². The zero-order valence-corrected chi connectivity index (χ0v) is 13.5. The number of hydrogen-bond acceptors (Lipinski definition) is 3. The molecule has 0 amide bonds. The third-order valence-corrected chi connectivity index (χ3v) is 4.06. The molecule has 1 saturated heterocycles. The number of rotatable bonds is 8. The lowest BCUT2D eigenvalue weighted by molar-refractivity contribution is 0.108. The molecular formula is C18H29NO2. The second kappa shape index (κ2) is 9.06. The van der Waals surface area contributed by atoms with Crippen LogP contribution < -0.4 is 10.1 Å². The summed E-state index contributed by atoms with van der Waals surface area (Å²) in [5, 5.41) is 3.55. The molecule has 3 nitrogen and oxygen atoms in total. The van der Waals surface area contributed by atoms with Crippen molar-refractivity contribution in [3.05, 3.63) is 29.3 Å². The SMILES string of the molecule is Cc1ccc(C)c(OCCCOCCC2CCCCN2)c1. The first-order valence-electron chi connectivity index (χ1n) is 8.27. The Balaban J connectivity index is 1.51. The zero-order valence-electron chi connectivity index (χ0n) is 13.5. The van der Waals surface area contributed by atoms with E-state index in [1.54, 1.807) is 0 Å². The van der Waals surface area contributed by atoms with E-state index >= 15 is 0 Å². The highest BCUT2D eigenvalue weighted by Crippen LogP contribution is 2.19. The normalized spacial score (nSPS) is 18.7. The Labute approximate surface area is 129 Å². The lowest BCUT2D eigenvalue weighted by Gasteiger charge is -2.23. The maximum atomic E-state index is 5.82. The fourth-order valence-electron chi connectivity index (χ4n) is 2.70. The highest BCUT2D eigenvalue weighted by molar-refractivity contribution is 5.35. The van der Waals surface area contributed by atoms with Gasteiger partial charge in [0.2, 0.25) is 0 Å². The van der Waals surface area contributed by atoms with E-state index in [9.17, 15) is 0 Å². The highest BCUT2D eigenvalue weighted by Gasteiger charge is 2.11. The lowest BCUT2D eigenvalue weighted by Crippen LogP contribution is -2.34. The number of benzene rings is 1. The van der Waals surface area contributed by atoms with Crippen LogP contribution in [0.2, 0.25) is 0 Å². The molecule has 1 atom stereocenters. The molecule has 0 aliphatic carbocycles. The summed E-state index contributed by atoms with van der Waals surface area (Å²) in [5.74, 6) is 1.00. The van der Waals surface area contributed by atoms with Crippen LogP contribution in [0.1, 0.15) is 43.2 Å². The molecule has 0 aromatic heterocycles. The second-order valence-electron chi connectivity index (χ2n) is 6.02. The molecule has 3 heteroatoms. The standard InChI is InChI=1S/C18H29NO2/c1-15-7-8-16(2)18(14-15)21-12-5-11-20-13-9-17-6-3-4-10-19-17/h7-8,14,17,19H,3-6,9-13H2,1-2H3. The average Bonchev–Trinajstić information content (AvgIpc) is 2.50. The first-order valence-corrected chi connectivity index (χ1v) is 8.27. The first kappa shape index (κ1) is 16.3. The summed E-state index contributed by atoms with van der Waals surface area (Å²) in [6.07, 6.45) is 6.08. The van der Waals surface area contributed by atoms with Crippen LogP contribution in [0, 0.1) is 13.8 Å². The van der Waals surface area contributed by atoms with Crippen molar-refractivity contribution in [2.24, 2.45) is 0 Å². The van der Waals surface area contributed by atoms with Crippen LogP contribution in [0.4, 0.5) is 0 Å². The lowest BCUT2D eigenvalue weighted by atomic mass is 10.0. The quantitative estimate of drug-likeness (QED) is 0.742. The Bertz CT molecular complexity index is 414. The molecule has 2 rings (SSSR count). The van der Waals surface area contributed by atoms with Crippen molar-refractivity contribution >= 4 is 0 Å². The van der Waals surface area contributed by atoms with E-state index in [1.807, 2.05) is 0 Å². The number of piperidine rings is 1. The average molecular weight is 291 g/mol. The van der Waals surface area contributed by atoms with Crippen molar-refractivity contribution < 1.29 is 9.47 Å². The van der Waals surface area contributed by atoms with Gasteiger partial charge in [0.05, 0.1) is 6.61 Å². The van der Waals surface area contributed by atoms with Crippen molar-refractivity contribution in [3.8, 4) is 5.75 Å². The molecule has 21 heavy (non-hydrogen) atoms. The van der Waals surface area contributed by atoms with Gasteiger partial charge in [0, 0.05) is 25.7 Å². The summed E-state index contributed by atoms with van der Waals surface area (Å²) in [7, 11) is 0. The molecule has 1 heterocycles. The van der Waals surface area contributed by atoms with Gasteiger partial charge >= 0.3 is 0 Å². The molecule has 1 aliphatic rings. The number of ether oxygens (including phenoxy) is 2. The van der Waals surface area contributed by atoms with Gasteiger partial charge in [-0.2, -0.15) is 0 Å². The van der Waals surface area contributed by atoms with E-state index in [1.165, 1.54) is 36.9 Å². The molecule has 0 radical (unpaired) electrons. The Morgan fingerprint density at radius 2 is 2.05 bits per heavy atom. The molecule has 1 fully saturated rings. The predicted octanol–water partition coefficient (Wildman–Crippen LogP) is 3.62. The third kappa shape index (κ3) is 6.06. The van der Waals surface area contributed by atoms with Crippen LogP contribution in [0.15, 0.2) is 18.2 Å². The van der Waals surface area contributed by atoms with E-state index < -0.39 is 0 Å². The van der Waals surface area contributed by atoms with Crippen molar-refractivity contribution in [2.45, 2.75) is 52.0 Å². The third-order valence-electron chi connectivity index (χ3n) is 4.06. The van der Waals surface area contributed by atoms with Gasteiger partial charge in [-0.25, -0.2) is 0 Å². The van der Waals surface area contributed by atoms with E-state index in [4.69, 9.17) is 9.47 Å². The van der Waals surface area contributed by atoms with Crippen molar-refractivity contribution in [1.29, 1.82) is 0 Å². The smallest absolute Gasteiger partial charge is 0.122 e. The van der Waals surface area contributed by atoms with E-state index in [2.05, 4.69) is 37.4 Å². The fraction of sp³-hybridized carbons (Fsp3) is 0.667. The predicted molar refractivity (Wildman–Crippen MR) is 87.1 cm³/mol. The molecule has 118 valence electrons. The van der Waals surface area contributed by atoms with Crippen LogP contribution in [0.5, 0.6) is 5.75 Å². The summed E-state index contributed by atoms with van der Waals surface area (Å²) in [6, 6.07) is 7.00. The maximum Gasteiger partial charge on any atom is 0.122 e. The monoisotopic (exact) mass is 291 g/mol. The second-order valence-corrected chi connectivity index (χ2v) is 6.02. The van der Waals surface area contributed by atoms with Crippen LogP contribution in [-0.2, 0) is 4.74 Å².